The maximum absolute atomic E-state index is 11.8. The molecule has 0 aliphatic carbocycles. The van der Waals surface area contributed by atoms with Crippen molar-refractivity contribution in [3.63, 3.8) is 0 Å². The van der Waals surface area contributed by atoms with Crippen LogP contribution in [0.15, 0.2) is 64.0 Å². The average molecular weight is 381 g/mol. The van der Waals surface area contributed by atoms with Gasteiger partial charge in [0.1, 0.15) is 0 Å². The molecule has 0 aromatic heterocycles. The maximum Gasteiger partial charge on any atom is 0.248 e. The van der Waals surface area contributed by atoms with E-state index in [9.17, 15) is 13.2 Å². The van der Waals surface area contributed by atoms with Crippen molar-refractivity contribution in [1.29, 1.82) is 0 Å². The molecule has 7 heteroatoms. The molecule has 3 N–H and O–H groups in total. The van der Waals surface area contributed by atoms with Gasteiger partial charge in [-0.25, -0.2) is 13.6 Å². The minimum atomic E-state index is -3.73. The summed E-state index contributed by atoms with van der Waals surface area (Å²) >= 11 is 3.39. The zero-order valence-corrected chi connectivity index (χ0v) is 13.8. The smallest absolute Gasteiger partial charge is 0.248 e. The molecule has 0 unspecified atom stereocenters. The fourth-order valence-corrected chi connectivity index (χ4v) is 2.62. The van der Waals surface area contributed by atoms with Crippen LogP contribution in [0.25, 0.3) is 6.08 Å². The molecule has 0 atom stereocenters. The topological polar surface area (TPSA) is 89.3 Å². The molecule has 2 aromatic rings. The van der Waals surface area contributed by atoms with Crippen molar-refractivity contribution in [3.05, 3.63) is 64.6 Å². The fraction of sp³-hybridized carbons (Fsp3) is 0. The number of anilines is 1. The lowest BCUT2D eigenvalue weighted by Gasteiger charge is -2.03. The van der Waals surface area contributed by atoms with Gasteiger partial charge in [-0.2, -0.15) is 0 Å². The third-order valence-electron chi connectivity index (χ3n) is 2.77. The molecule has 0 bridgehead atoms. The number of benzene rings is 2. The Morgan fingerprint density at radius 2 is 1.73 bits per heavy atom. The Morgan fingerprint density at radius 1 is 1.09 bits per heavy atom. The summed E-state index contributed by atoms with van der Waals surface area (Å²) in [7, 11) is -3.73. The van der Waals surface area contributed by atoms with E-state index in [4.69, 9.17) is 5.14 Å². The van der Waals surface area contributed by atoms with Crippen LogP contribution in [0.5, 0.6) is 0 Å². The molecular formula is C15H13BrN2O3S. The van der Waals surface area contributed by atoms with Crippen molar-refractivity contribution in [2.75, 3.05) is 5.32 Å². The molecule has 0 spiro atoms. The summed E-state index contributed by atoms with van der Waals surface area (Å²) in [5.74, 6) is -0.320. The quantitative estimate of drug-likeness (QED) is 0.799. The molecule has 2 aromatic carbocycles. The van der Waals surface area contributed by atoms with Crippen LogP contribution in [0.4, 0.5) is 5.69 Å². The summed E-state index contributed by atoms with van der Waals surface area (Å²) in [6, 6.07) is 13.1. The number of rotatable bonds is 4. The summed E-state index contributed by atoms with van der Waals surface area (Å²) in [5, 5.41) is 7.64. The molecule has 0 saturated heterocycles. The van der Waals surface area contributed by atoms with Gasteiger partial charge in [0.05, 0.1) is 4.90 Å². The van der Waals surface area contributed by atoms with Gasteiger partial charge in [-0.3, -0.25) is 4.79 Å². The van der Waals surface area contributed by atoms with Gasteiger partial charge in [0, 0.05) is 16.2 Å². The van der Waals surface area contributed by atoms with Crippen LogP contribution in [0.3, 0.4) is 0 Å². The molecule has 2 rings (SSSR count). The third-order valence-corrected chi connectivity index (χ3v) is 4.42. The largest absolute Gasteiger partial charge is 0.323 e. The standard InChI is InChI=1S/C15H13BrN2O3S/c16-14-4-2-1-3-11(14)5-10-15(19)18-12-6-8-13(9-7-12)22(17,20)21/h1-10H,(H,18,19)(H2,17,20,21)/b10-5+. The maximum atomic E-state index is 11.8. The van der Waals surface area contributed by atoms with Gasteiger partial charge in [-0.1, -0.05) is 34.1 Å². The van der Waals surface area contributed by atoms with Gasteiger partial charge < -0.3 is 5.32 Å². The van der Waals surface area contributed by atoms with E-state index in [0.717, 1.165) is 10.0 Å². The summed E-state index contributed by atoms with van der Waals surface area (Å²) in [5.41, 5.74) is 1.36. The highest BCUT2D eigenvalue weighted by Gasteiger charge is 2.07. The SMILES string of the molecule is NS(=O)(=O)c1ccc(NC(=O)/C=C/c2ccccc2Br)cc1. The van der Waals surface area contributed by atoms with E-state index < -0.39 is 10.0 Å². The van der Waals surface area contributed by atoms with Crippen molar-refractivity contribution in [2.45, 2.75) is 4.90 Å². The lowest BCUT2D eigenvalue weighted by Crippen LogP contribution is -2.12. The number of carbonyl (C=O) groups excluding carboxylic acids is 1. The normalized spacial score (nSPS) is 11.5. The highest BCUT2D eigenvalue weighted by Crippen LogP contribution is 2.17. The molecule has 0 aliphatic heterocycles. The first-order chi connectivity index (χ1) is 10.4. The number of carbonyl (C=O) groups is 1. The number of hydrogen-bond donors (Lipinski definition) is 2. The zero-order valence-electron chi connectivity index (χ0n) is 11.4. The van der Waals surface area contributed by atoms with Crippen molar-refractivity contribution in [2.24, 2.45) is 5.14 Å². The Hall–Kier alpha value is -1.96. The predicted molar refractivity (Wildman–Crippen MR) is 89.6 cm³/mol. The molecule has 0 radical (unpaired) electrons. The highest BCUT2D eigenvalue weighted by atomic mass is 79.9. The second-order valence-corrected chi connectivity index (χ2v) is 6.83. The van der Waals surface area contributed by atoms with Gasteiger partial charge >= 0.3 is 0 Å². The van der Waals surface area contributed by atoms with Crippen LogP contribution in [0.2, 0.25) is 0 Å². The molecule has 114 valence electrons. The molecule has 0 heterocycles. The van der Waals surface area contributed by atoms with Crippen molar-refractivity contribution in [1.82, 2.24) is 0 Å². The number of halogens is 1. The van der Waals surface area contributed by atoms with Crippen LogP contribution < -0.4 is 10.5 Å². The van der Waals surface area contributed by atoms with E-state index in [0.29, 0.717) is 5.69 Å². The number of primary sulfonamides is 1. The molecule has 1 amide bonds. The number of amides is 1. The van der Waals surface area contributed by atoms with Gasteiger partial charge in [0.15, 0.2) is 0 Å². The third kappa shape index (κ3) is 4.52. The van der Waals surface area contributed by atoms with Crippen molar-refractivity contribution < 1.29 is 13.2 Å². The summed E-state index contributed by atoms with van der Waals surface area (Å²) < 4.78 is 23.2. The summed E-state index contributed by atoms with van der Waals surface area (Å²) in [6.45, 7) is 0. The van der Waals surface area contributed by atoms with Gasteiger partial charge in [-0.05, 0) is 42.0 Å². The van der Waals surface area contributed by atoms with Gasteiger partial charge in [0.25, 0.3) is 0 Å². The monoisotopic (exact) mass is 380 g/mol. The molecule has 0 aliphatic rings. The zero-order chi connectivity index (χ0) is 16.2. The van der Waals surface area contributed by atoms with Crippen LogP contribution in [0, 0.1) is 0 Å². The van der Waals surface area contributed by atoms with Crippen LogP contribution in [-0.2, 0) is 14.8 Å². The van der Waals surface area contributed by atoms with Crippen LogP contribution >= 0.6 is 15.9 Å². The predicted octanol–water partition coefficient (Wildman–Crippen LogP) is 2.75. The van der Waals surface area contributed by atoms with E-state index in [2.05, 4.69) is 21.2 Å². The van der Waals surface area contributed by atoms with E-state index in [1.165, 1.54) is 30.3 Å². The first-order valence-corrected chi connectivity index (χ1v) is 8.56. The Morgan fingerprint density at radius 3 is 2.32 bits per heavy atom. The lowest BCUT2D eigenvalue weighted by atomic mass is 10.2. The van der Waals surface area contributed by atoms with Crippen LogP contribution in [0.1, 0.15) is 5.56 Å². The molecule has 0 saturated carbocycles. The summed E-state index contributed by atoms with van der Waals surface area (Å²) in [4.78, 5) is 11.8. The lowest BCUT2D eigenvalue weighted by molar-refractivity contribution is -0.111. The van der Waals surface area contributed by atoms with E-state index in [-0.39, 0.29) is 10.8 Å². The van der Waals surface area contributed by atoms with Gasteiger partial charge in [0.2, 0.25) is 15.9 Å². The van der Waals surface area contributed by atoms with E-state index in [1.54, 1.807) is 6.08 Å². The first kappa shape index (κ1) is 16.4. The summed E-state index contributed by atoms with van der Waals surface area (Å²) in [6.07, 6.45) is 3.08. The number of nitrogens with one attached hydrogen (secondary N) is 1. The van der Waals surface area contributed by atoms with E-state index >= 15 is 0 Å². The van der Waals surface area contributed by atoms with Crippen LogP contribution in [-0.4, -0.2) is 14.3 Å². The second kappa shape index (κ2) is 6.87. The van der Waals surface area contributed by atoms with Crippen molar-refractivity contribution in [3.8, 4) is 0 Å². The highest BCUT2D eigenvalue weighted by molar-refractivity contribution is 9.10. The van der Waals surface area contributed by atoms with Gasteiger partial charge in [-0.15, -0.1) is 0 Å². The molecule has 0 fully saturated rings. The molecule has 5 nitrogen and oxygen atoms in total. The Labute approximate surface area is 137 Å². The van der Waals surface area contributed by atoms with E-state index in [1.807, 2.05) is 24.3 Å². The number of nitrogens with two attached hydrogens (primary N) is 1. The minimum absolute atomic E-state index is 0.00532. The Bertz CT molecular complexity index is 815. The second-order valence-electron chi connectivity index (χ2n) is 4.41. The average Bonchev–Trinajstić information content (AvgIpc) is 2.46. The Kier molecular flexibility index (Phi) is 5.12. The molecular weight excluding hydrogens is 368 g/mol. The number of sulfonamides is 1. The Balaban J connectivity index is 2.05. The first-order valence-electron chi connectivity index (χ1n) is 6.23. The fourth-order valence-electron chi connectivity index (χ4n) is 1.69. The minimum Gasteiger partial charge on any atom is -0.323 e. The van der Waals surface area contributed by atoms with Crippen molar-refractivity contribution >= 4 is 43.6 Å². The number of hydrogen-bond acceptors (Lipinski definition) is 3. The molecule has 22 heavy (non-hydrogen) atoms.